The molecule has 3 rings (SSSR count). The molecule has 3 aliphatic rings. The van der Waals surface area contributed by atoms with Crippen molar-refractivity contribution >= 4 is 0 Å². The van der Waals surface area contributed by atoms with Crippen molar-refractivity contribution < 1.29 is 5.11 Å². The molecule has 0 amide bonds. The van der Waals surface area contributed by atoms with Crippen molar-refractivity contribution in [2.45, 2.75) is 62.6 Å². The van der Waals surface area contributed by atoms with Crippen molar-refractivity contribution in [2.75, 3.05) is 40.3 Å². The van der Waals surface area contributed by atoms with Crippen LogP contribution in [0.25, 0.3) is 0 Å². The molecule has 0 aromatic carbocycles. The first-order valence-corrected chi connectivity index (χ1v) is 8.90. The molecule has 2 N–H and O–H groups in total. The van der Waals surface area contributed by atoms with E-state index in [9.17, 15) is 5.11 Å². The second-order valence-electron chi connectivity index (χ2n) is 7.82. The van der Waals surface area contributed by atoms with Crippen LogP contribution in [0.4, 0.5) is 0 Å². The third kappa shape index (κ3) is 3.61. The molecule has 0 aromatic rings. The van der Waals surface area contributed by atoms with E-state index in [4.69, 9.17) is 0 Å². The zero-order valence-corrected chi connectivity index (χ0v) is 13.9. The summed E-state index contributed by atoms with van der Waals surface area (Å²) in [5.41, 5.74) is 0.0435. The summed E-state index contributed by atoms with van der Waals surface area (Å²) in [6.07, 6.45) is 8.93. The Morgan fingerprint density at radius 3 is 2.67 bits per heavy atom. The Morgan fingerprint density at radius 1 is 1.24 bits per heavy atom. The van der Waals surface area contributed by atoms with Gasteiger partial charge < -0.3 is 20.2 Å². The zero-order chi connectivity index (χ0) is 14.9. The van der Waals surface area contributed by atoms with Gasteiger partial charge >= 0.3 is 0 Å². The maximum Gasteiger partial charge on any atom is 0.0616 e. The Balaban J connectivity index is 1.49. The summed E-state index contributed by atoms with van der Waals surface area (Å²) in [6.45, 7) is 4.01. The number of likely N-dealkylation sites (N-methyl/N-ethyl adjacent to an activating group) is 1. The molecule has 0 aromatic heterocycles. The molecule has 2 saturated carbocycles. The molecule has 1 heterocycles. The van der Waals surface area contributed by atoms with Crippen molar-refractivity contribution in [2.24, 2.45) is 5.92 Å². The lowest BCUT2D eigenvalue weighted by Crippen LogP contribution is -2.53. The second kappa shape index (κ2) is 6.53. The molecule has 0 radical (unpaired) electrons. The number of hydrogen-bond acceptors (Lipinski definition) is 4. The van der Waals surface area contributed by atoms with E-state index in [2.05, 4.69) is 29.2 Å². The summed E-state index contributed by atoms with van der Waals surface area (Å²) in [5, 5.41) is 13.8. The Hall–Kier alpha value is -0.160. The minimum Gasteiger partial charge on any atom is -0.394 e. The Morgan fingerprint density at radius 2 is 2.05 bits per heavy atom. The normalized spacial score (nSPS) is 37.7. The molecular weight excluding hydrogens is 262 g/mol. The lowest BCUT2D eigenvalue weighted by Gasteiger charge is -2.36. The molecule has 4 nitrogen and oxygen atoms in total. The lowest BCUT2D eigenvalue weighted by molar-refractivity contribution is 0.110. The van der Waals surface area contributed by atoms with Crippen LogP contribution in [0, 0.1) is 5.92 Å². The first kappa shape index (κ1) is 15.7. The van der Waals surface area contributed by atoms with Crippen LogP contribution >= 0.6 is 0 Å². The SMILES string of the molecule is CN(C)C1CCN(CCC2CCCC2(CO)NC2CC2)C1. The third-order valence-corrected chi connectivity index (χ3v) is 6.08. The van der Waals surface area contributed by atoms with E-state index in [1.54, 1.807) is 0 Å². The highest BCUT2D eigenvalue weighted by Gasteiger charge is 2.45. The molecule has 1 saturated heterocycles. The van der Waals surface area contributed by atoms with Crippen molar-refractivity contribution in [1.82, 2.24) is 15.1 Å². The van der Waals surface area contributed by atoms with Crippen LogP contribution in [0.1, 0.15) is 44.9 Å². The van der Waals surface area contributed by atoms with Crippen molar-refractivity contribution in [1.29, 1.82) is 0 Å². The molecule has 122 valence electrons. The maximum atomic E-state index is 9.99. The van der Waals surface area contributed by atoms with Crippen molar-refractivity contribution in [3.8, 4) is 0 Å². The van der Waals surface area contributed by atoms with Crippen LogP contribution in [-0.4, -0.2) is 72.9 Å². The van der Waals surface area contributed by atoms with Crippen LogP contribution in [0.2, 0.25) is 0 Å². The largest absolute Gasteiger partial charge is 0.394 e. The van der Waals surface area contributed by atoms with Crippen molar-refractivity contribution in [3.63, 3.8) is 0 Å². The van der Waals surface area contributed by atoms with E-state index < -0.39 is 0 Å². The molecule has 0 spiro atoms. The van der Waals surface area contributed by atoms with Crippen LogP contribution in [0.5, 0.6) is 0 Å². The highest BCUT2D eigenvalue weighted by Crippen LogP contribution is 2.40. The lowest BCUT2D eigenvalue weighted by atomic mass is 9.85. The monoisotopic (exact) mass is 295 g/mol. The van der Waals surface area contributed by atoms with E-state index in [-0.39, 0.29) is 5.54 Å². The fourth-order valence-corrected chi connectivity index (χ4v) is 4.42. The smallest absolute Gasteiger partial charge is 0.0616 e. The summed E-state index contributed by atoms with van der Waals surface area (Å²) < 4.78 is 0. The van der Waals surface area contributed by atoms with Crippen molar-refractivity contribution in [3.05, 3.63) is 0 Å². The van der Waals surface area contributed by atoms with Gasteiger partial charge in [0, 0.05) is 24.2 Å². The van der Waals surface area contributed by atoms with Gasteiger partial charge in [0.1, 0.15) is 0 Å². The molecule has 1 aliphatic heterocycles. The number of nitrogens with one attached hydrogen (secondary N) is 1. The fourth-order valence-electron chi connectivity index (χ4n) is 4.42. The number of nitrogens with zero attached hydrogens (tertiary/aromatic N) is 2. The topological polar surface area (TPSA) is 38.7 Å². The number of likely N-dealkylation sites (tertiary alicyclic amines) is 1. The van der Waals surface area contributed by atoms with Gasteiger partial charge in [-0.1, -0.05) is 6.42 Å². The van der Waals surface area contributed by atoms with Gasteiger partial charge in [0.05, 0.1) is 6.61 Å². The first-order chi connectivity index (χ1) is 10.1. The summed E-state index contributed by atoms with van der Waals surface area (Å²) >= 11 is 0. The average Bonchev–Trinajstić information content (AvgIpc) is 3.01. The van der Waals surface area contributed by atoms with Gasteiger partial charge in [0.15, 0.2) is 0 Å². The van der Waals surface area contributed by atoms with Gasteiger partial charge in [0.25, 0.3) is 0 Å². The molecule has 2 aliphatic carbocycles. The Kier molecular flexibility index (Phi) is 4.89. The van der Waals surface area contributed by atoms with Crippen LogP contribution in [-0.2, 0) is 0 Å². The van der Waals surface area contributed by atoms with E-state index in [0.717, 1.165) is 6.04 Å². The van der Waals surface area contributed by atoms with E-state index in [0.29, 0.717) is 18.6 Å². The predicted octanol–water partition coefficient (Wildman–Crippen LogP) is 1.30. The maximum absolute atomic E-state index is 9.99. The number of rotatable bonds is 7. The Labute approximate surface area is 129 Å². The Bertz CT molecular complexity index is 345. The van der Waals surface area contributed by atoms with E-state index in [1.165, 1.54) is 64.6 Å². The van der Waals surface area contributed by atoms with Gasteiger partial charge in [-0.25, -0.2) is 0 Å². The second-order valence-corrected chi connectivity index (χ2v) is 7.82. The van der Waals surface area contributed by atoms with Gasteiger partial charge in [-0.3, -0.25) is 0 Å². The number of hydrogen-bond donors (Lipinski definition) is 2. The van der Waals surface area contributed by atoms with Crippen LogP contribution in [0.15, 0.2) is 0 Å². The first-order valence-electron chi connectivity index (χ1n) is 8.90. The standard InChI is InChI=1S/C17H33N3O/c1-19(2)16-8-11-20(12-16)10-7-14-4-3-9-17(14,13-21)18-15-5-6-15/h14-16,18,21H,3-13H2,1-2H3. The molecule has 0 bridgehead atoms. The number of aliphatic hydroxyl groups is 1. The summed E-state index contributed by atoms with van der Waals surface area (Å²) in [4.78, 5) is 4.99. The highest BCUT2D eigenvalue weighted by molar-refractivity contribution is 5.03. The van der Waals surface area contributed by atoms with Gasteiger partial charge in [0.2, 0.25) is 0 Å². The highest BCUT2D eigenvalue weighted by atomic mass is 16.3. The van der Waals surface area contributed by atoms with Gasteiger partial charge in [-0.05, 0) is 71.6 Å². The quantitative estimate of drug-likeness (QED) is 0.742. The number of aliphatic hydroxyl groups excluding tert-OH is 1. The minimum absolute atomic E-state index is 0.0435. The summed E-state index contributed by atoms with van der Waals surface area (Å²) in [5.74, 6) is 0.668. The van der Waals surface area contributed by atoms with E-state index in [1.807, 2.05) is 0 Å². The minimum atomic E-state index is 0.0435. The third-order valence-electron chi connectivity index (χ3n) is 6.08. The van der Waals surface area contributed by atoms with Gasteiger partial charge in [-0.15, -0.1) is 0 Å². The van der Waals surface area contributed by atoms with Gasteiger partial charge in [-0.2, -0.15) is 0 Å². The zero-order valence-electron chi connectivity index (χ0n) is 13.9. The molecular formula is C17H33N3O. The van der Waals surface area contributed by atoms with E-state index >= 15 is 0 Å². The summed E-state index contributed by atoms with van der Waals surface area (Å²) in [7, 11) is 4.39. The molecule has 3 atom stereocenters. The average molecular weight is 295 g/mol. The molecule has 3 unspecified atom stereocenters. The molecule has 3 fully saturated rings. The van der Waals surface area contributed by atoms with Crippen LogP contribution < -0.4 is 5.32 Å². The van der Waals surface area contributed by atoms with Crippen LogP contribution in [0.3, 0.4) is 0 Å². The predicted molar refractivity (Wildman–Crippen MR) is 86.5 cm³/mol. The summed E-state index contributed by atoms with van der Waals surface area (Å²) in [6, 6.07) is 1.43. The molecule has 4 heteroatoms. The fraction of sp³-hybridized carbons (Fsp3) is 1.00. The molecule has 21 heavy (non-hydrogen) atoms.